The number of carbonyl (C=O) groups is 2. The molecule has 0 atom stereocenters. The number of hydrogen-bond donors (Lipinski definition) is 2. The fraction of sp³-hybridized carbons (Fsp3) is 0.208. The van der Waals surface area contributed by atoms with Gasteiger partial charge < -0.3 is 19.8 Å². The zero-order valence-corrected chi connectivity index (χ0v) is 17.0. The summed E-state index contributed by atoms with van der Waals surface area (Å²) >= 11 is 0. The van der Waals surface area contributed by atoms with Crippen LogP contribution in [0.15, 0.2) is 59.0 Å². The lowest BCUT2D eigenvalue weighted by atomic mass is 10.1. The standard InChI is InChI=1S/C24H21N3O4/c1-15-2-5-17(23(28)26-18-6-7-18)12-21(15)27-24(29)22-11-10-20(31-22)14-30-19-8-3-16(13-25)4-9-19/h2-5,8-12,18H,6-7,14H2,1H3,(H,26,28)(H,27,29). The number of nitrogens with one attached hydrogen (secondary N) is 2. The van der Waals surface area contributed by atoms with Crippen LogP contribution in [0, 0.1) is 18.3 Å². The van der Waals surface area contributed by atoms with Crippen LogP contribution in [0.1, 0.15) is 50.6 Å². The first-order chi connectivity index (χ1) is 15.0. The topological polar surface area (TPSA) is 104 Å². The third-order valence-corrected chi connectivity index (χ3v) is 4.91. The highest BCUT2D eigenvalue weighted by molar-refractivity contribution is 6.04. The number of ether oxygens (including phenoxy) is 1. The fourth-order valence-corrected chi connectivity index (χ4v) is 2.94. The average Bonchev–Trinajstić information content (AvgIpc) is 3.46. The van der Waals surface area contributed by atoms with Gasteiger partial charge in [-0.05, 0) is 73.9 Å². The van der Waals surface area contributed by atoms with Crippen LogP contribution in [0.4, 0.5) is 5.69 Å². The molecule has 1 fully saturated rings. The molecule has 4 rings (SSSR count). The molecule has 2 N–H and O–H groups in total. The summed E-state index contributed by atoms with van der Waals surface area (Å²) in [6.45, 7) is 2.01. The predicted octanol–water partition coefficient (Wildman–Crippen LogP) is 4.18. The maximum atomic E-state index is 12.6. The number of nitriles is 1. The van der Waals surface area contributed by atoms with Crippen LogP contribution in [-0.4, -0.2) is 17.9 Å². The number of rotatable bonds is 7. The highest BCUT2D eigenvalue weighted by Crippen LogP contribution is 2.22. The van der Waals surface area contributed by atoms with Crippen molar-refractivity contribution in [1.29, 1.82) is 5.26 Å². The maximum absolute atomic E-state index is 12.6. The van der Waals surface area contributed by atoms with E-state index in [0.717, 1.165) is 18.4 Å². The molecule has 31 heavy (non-hydrogen) atoms. The number of furan rings is 1. The van der Waals surface area contributed by atoms with Crippen molar-refractivity contribution in [3.8, 4) is 11.8 Å². The molecule has 2 amide bonds. The molecule has 0 unspecified atom stereocenters. The minimum atomic E-state index is -0.410. The van der Waals surface area contributed by atoms with E-state index in [0.29, 0.717) is 28.3 Å². The number of hydrogen-bond acceptors (Lipinski definition) is 5. The molecule has 1 aliphatic carbocycles. The Labute approximate surface area is 179 Å². The molecule has 1 aromatic heterocycles. The summed E-state index contributed by atoms with van der Waals surface area (Å²) in [6.07, 6.45) is 2.02. The highest BCUT2D eigenvalue weighted by Gasteiger charge is 2.24. The van der Waals surface area contributed by atoms with Crippen LogP contribution < -0.4 is 15.4 Å². The van der Waals surface area contributed by atoms with Crippen LogP contribution in [0.3, 0.4) is 0 Å². The molecular weight excluding hydrogens is 394 g/mol. The van der Waals surface area contributed by atoms with Crippen molar-refractivity contribution in [3.63, 3.8) is 0 Å². The number of amides is 2. The Kier molecular flexibility index (Phi) is 5.72. The molecule has 156 valence electrons. The van der Waals surface area contributed by atoms with Gasteiger partial charge >= 0.3 is 0 Å². The minimum Gasteiger partial charge on any atom is -0.486 e. The van der Waals surface area contributed by atoms with Gasteiger partial charge in [0.15, 0.2) is 5.76 Å². The Bertz CT molecular complexity index is 1150. The third kappa shape index (κ3) is 5.11. The molecule has 0 radical (unpaired) electrons. The van der Waals surface area contributed by atoms with Gasteiger partial charge in [-0.3, -0.25) is 9.59 Å². The summed E-state index contributed by atoms with van der Waals surface area (Å²) in [7, 11) is 0. The summed E-state index contributed by atoms with van der Waals surface area (Å²) < 4.78 is 11.2. The first-order valence-corrected chi connectivity index (χ1v) is 9.96. The van der Waals surface area contributed by atoms with E-state index < -0.39 is 5.91 Å². The summed E-state index contributed by atoms with van der Waals surface area (Å²) in [5, 5.41) is 14.6. The van der Waals surface area contributed by atoms with Crippen molar-refractivity contribution < 1.29 is 18.7 Å². The molecule has 3 aromatic rings. The summed E-state index contributed by atoms with van der Waals surface area (Å²) in [4.78, 5) is 24.9. The van der Waals surface area contributed by atoms with Gasteiger partial charge in [-0.2, -0.15) is 5.26 Å². The lowest BCUT2D eigenvalue weighted by Crippen LogP contribution is -2.25. The first kappa shape index (κ1) is 20.2. The second-order valence-electron chi connectivity index (χ2n) is 7.42. The number of carbonyl (C=O) groups excluding carboxylic acids is 2. The third-order valence-electron chi connectivity index (χ3n) is 4.91. The quantitative estimate of drug-likeness (QED) is 0.602. The minimum absolute atomic E-state index is 0.141. The van der Waals surface area contributed by atoms with Gasteiger partial charge in [-0.25, -0.2) is 0 Å². The highest BCUT2D eigenvalue weighted by atomic mass is 16.5. The van der Waals surface area contributed by atoms with Crippen molar-refractivity contribution in [2.24, 2.45) is 0 Å². The predicted molar refractivity (Wildman–Crippen MR) is 114 cm³/mol. The average molecular weight is 415 g/mol. The van der Waals surface area contributed by atoms with Crippen LogP contribution in [-0.2, 0) is 6.61 Å². The molecule has 1 heterocycles. The molecule has 0 aliphatic heterocycles. The van der Waals surface area contributed by atoms with E-state index in [1.807, 2.05) is 13.0 Å². The zero-order chi connectivity index (χ0) is 21.8. The number of benzene rings is 2. The lowest BCUT2D eigenvalue weighted by Gasteiger charge is -2.10. The van der Waals surface area contributed by atoms with Gasteiger partial charge in [0.25, 0.3) is 11.8 Å². The van der Waals surface area contributed by atoms with E-state index in [9.17, 15) is 9.59 Å². The van der Waals surface area contributed by atoms with Crippen LogP contribution in [0.2, 0.25) is 0 Å². The molecular formula is C24H21N3O4. The van der Waals surface area contributed by atoms with Gasteiger partial charge in [0, 0.05) is 17.3 Å². The Morgan fingerprint density at radius 1 is 1.10 bits per heavy atom. The lowest BCUT2D eigenvalue weighted by molar-refractivity contribution is 0.0948. The molecule has 7 nitrogen and oxygen atoms in total. The van der Waals surface area contributed by atoms with Gasteiger partial charge in [0.05, 0.1) is 11.6 Å². The summed E-state index contributed by atoms with van der Waals surface area (Å²) in [6, 6.07) is 17.5. The van der Waals surface area contributed by atoms with E-state index in [2.05, 4.69) is 10.6 Å². The van der Waals surface area contributed by atoms with E-state index in [4.69, 9.17) is 14.4 Å². The van der Waals surface area contributed by atoms with E-state index in [-0.39, 0.29) is 24.3 Å². The van der Waals surface area contributed by atoms with Crippen molar-refractivity contribution >= 4 is 17.5 Å². The molecule has 0 spiro atoms. The molecule has 7 heteroatoms. The van der Waals surface area contributed by atoms with Crippen LogP contribution in [0.5, 0.6) is 5.75 Å². The van der Waals surface area contributed by atoms with Gasteiger partial charge in [-0.15, -0.1) is 0 Å². The number of aryl methyl sites for hydroxylation is 1. The van der Waals surface area contributed by atoms with Crippen LogP contribution in [0.25, 0.3) is 0 Å². The van der Waals surface area contributed by atoms with Crippen molar-refractivity contribution in [1.82, 2.24) is 5.32 Å². The van der Waals surface area contributed by atoms with Crippen molar-refractivity contribution in [2.45, 2.75) is 32.4 Å². The van der Waals surface area contributed by atoms with Crippen LogP contribution >= 0.6 is 0 Å². The van der Waals surface area contributed by atoms with E-state index in [1.165, 1.54) is 0 Å². The zero-order valence-electron chi connectivity index (χ0n) is 17.0. The second-order valence-corrected chi connectivity index (χ2v) is 7.42. The Hall–Kier alpha value is -4.05. The first-order valence-electron chi connectivity index (χ1n) is 9.96. The largest absolute Gasteiger partial charge is 0.486 e. The molecule has 1 saturated carbocycles. The molecule has 2 aromatic carbocycles. The van der Waals surface area contributed by atoms with Crippen molar-refractivity contribution in [2.75, 3.05) is 5.32 Å². The molecule has 0 bridgehead atoms. The van der Waals surface area contributed by atoms with E-state index in [1.54, 1.807) is 54.6 Å². The molecule has 1 aliphatic rings. The van der Waals surface area contributed by atoms with Crippen molar-refractivity contribution in [3.05, 3.63) is 82.8 Å². The number of anilines is 1. The Balaban J connectivity index is 1.38. The summed E-state index contributed by atoms with van der Waals surface area (Å²) in [5.74, 6) is 0.679. The Morgan fingerprint density at radius 2 is 1.87 bits per heavy atom. The monoisotopic (exact) mass is 415 g/mol. The summed E-state index contributed by atoms with van der Waals surface area (Å²) in [5.41, 5.74) is 2.45. The second kappa shape index (κ2) is 8.76. The Morgan fingerprint density at radius 3 is 2.58 bits per heavy atom. The fourth-order valence-electron chi connectivity index (χ4n) is 2.94. The molecule has 0 saturated heterocycles. The SMILES string of the molecule is Cc1ccc(C(=O)NC2CC2)cc1NC(=O)c1ccc(COc2ccc(C#N)cc2)o1. The number of nitrogens with zero attached hydrogens (tertiary/aromatic N) is 1. The van der Waals surface area contributed by atoms with E-state index >= 15 is 0 Å². The van der Waals surface area contributed by atoms with Gasteiger partial charge in [-0.1, -0.05) is 6.07 Å². The normalized spacial score (nSPS) is 12.6. The maximum Gasteiger partial charge on any atom is 0.291 e. The van der Waals surface area contributed by atoms with Gasteiger partial charge in [0.2, 0.25) is 0 Å². The van der Waals surface area contributed by atoms with Gasteiger partial charge in [0.1, 0.15) is 18.1 Å². The smallest absolute Gasteiger partial charge is 0.291 e.